The van der Waals surface area contributed by atoms with Crippen molar-refractivity contribution < 1.29 is 34.2 Å². The number of hydrogen-bond donors (Lipinski definition) is 8. The van der Waals surface area contributed by atoms with Crippen LogP contribution >= 0.6 is 0 Å². The van der Waals surface area contributed by atoms with Crippen LogP contribution in [0.3, 0.4) is 0 Å². The highest BCUT2D eigenvalue weighted by molar-refractivity contribution is 5.94. The summed E-state index contributed by atoms with van der Waals surface area (Å²) in [5.74, 6) is -4.37. The highest BCUT2D eigenvalue weighted by atomic mass is 16.4. The molecule has 3 aromatic rings. The Hall–Kier alpha value is -4.72. The van der Waals surface area contributed by atoms with Gasteiger partial charge in [0.1, 0.15) is 18.1 Å². The SMILES string of the molecule is O=C(O)CCC(NC(=O)C1CCCN1)C(=O)NC(Cc1cnc[nH]1)C(=O)NC(Cc1c[nH]c2ccccc12)C(=O)O. The Morgan fingerprint density at radius 3 is 2.39 bits per heavy atom. The molecule has 14 heteroatoms. The van der Waals surface area contributed by atoms with E-state index in [1.807, 2.05) is 24.3 Å². The smallest absolute Gasteiger partial charge is 0.326 e. The van der Waals surface area contributed by atoms with Gasteiger partial charge in [-0.05, 0) is 37.4 Å². The predicted molar refractivity (Wildman–Crippen MR) is 146 cm³/mol. The molecule has 0 bridgehead atoms. The standard InChI is InChI=1S/C27H33N7O7/c35-23(36)8-7-20(32-24(37)19-6-3-9-29-19)25(38)33-21(11-16-13-28-14-31-16)26(39)34-22(27(40)41)10-15-12-30-18-5-2-1-4-17(15)18/h1-2,4-5,12-14,19-22,29-30H,3,6-11H2,(H,28,31)(H,32,37)(H,33,38)(H,34,39)(H,35,36)(H,40,41). The number of carbonyl (C=O) groups is 5. The molecule has 0 spiro atoms. The van der Waals surface area contributed by atoms with E-state index < -0.39 is 53.8 Å². The second kappa shape index (κ2) is 13.6. The molecule has 1 saturated heterocycles. The van der Waals surface area contributed by atoms with Crippen molar-refractivity contribution in [3.8, 4) is 0 Å². The zero-order chi connectivity index (χ0) is 29.4. The fraction of sp³-hybridized carbons (Fsp3) is 0.407. The normalized spacial score (nSPS) is 16.9. The molecule has 0 saturated carbocycles. The van der Waals surface area contributed by atoms with E-state index in [-0.39, 0.29) is 25.7 Å². The third kappa shape index (κ3) is 7.91. The number of fused-ring (bicyclic) bond motifs is 1. The van der Waals surface area contributed by atoms with Gasteiger partial charge in [0.25, 0.3) is 0 Å². The molecule has 3 heterocycles. The van der Waals surface area contributed by atoms with Gasteiger partial charge >= 0.3 is 11.9 Å². The van der Waals surface area contributed by atoms with E-state index in [0.29, 0.717) is 24.2 Å². The highest BCUT2D eigenvalue weighted by Gasteiger charge is 2.32. The van der Waals surface area contributed by atoms with Gasteiger partial charge in [-0.15, -0.1) is 0 Å². The number of aromatic nitrogens is 3. The van der Waals surface area contributed by atoms with Crippen molar-refractivity contribution in [1.29, 1.82) is 0 Å². The summed E-state index contributed by atoms with van der Waals surface area (Å²) in [6.45, 7) is 0.653. The first-order valence-corrected chi connectivity index (χ1v) is 13.3. The van der Waals surface area contributed by atoms with E-state index >= 15 is 0 Å². The van der Waals surface area contributed by atoms with E-state index in [4.69, 9.17) is 5.11 Å². The second-order valence-corrected chi connectivity index (χ2v) is 9.95. The Kier molecular flexibility index (Phi) is 9.68. The summed E-state index contributed by atoms with van der Waals surface area (Å²) in [5.41, 5.74) is 2.01. The Balaban J connectivity index is 1.50. The van der Waals surface area contributed by atoms with Crippen molar-refractivity contribution >= 4 is 40.6 Å². The topological polar surface area (TPSA) is 218 Å². The number of hydrogen-bond acceptors (Lipinski definition) is 7. The van der Waals surface area contributed by atoms with Crippen LogP contribution < -0.4 is 21.3 Å². The summed E-state index contributed by atoms with van der Waals surface area (Å²) >= 11 is 0. The molecule has 1 aromatic carbocycles. The van der Waals surface area contributed by atoms with Gasteiger partial charge in [0, 0.05) is 48.3 Å². The van der Waals surface area contributed by atoms with Crippen LogP contribution in [0.4, 0.5) is 0 Å². The number of imidazole rings is 1. The van der Waals surface area contributed by atoms with E-state index in [1.165, 1.54) is 12.5 Å². The molecule has 2 aromatic heterocycles. The lowest BCUT2D eigenvalue weighted by Gasteiger charge is -2.25. The van der Waals surface area contributed by atoms with Crippen molar-refractivity contribution in [3.05, 3.63) is 54.2 Å². The van der Waals surface area contributed by atoms with Crippen molar-refractivity contribution in [3.63, 3.8) is 0 Å². The summed E-state index contributed by atoms with van der Waals surface area (Å²) in [5, 5.41) is 30.6. The lowest BCUT2D eigenvalue weighted by molar-refractivity contribution is -0.142. The molecular formula is C27H33N7O7. The summed E-state index contributed by atoms with van der Waals surface area (Å²) in [4.78, 5) is 72.6. The molecule has 0 radical (unpaired) electrons. The molecule has 14 nitrogen and oxygen atoms in total. The highest BCUT2D eigenvalue weighted by Crippen LogP contribution is 2.19. The van der Waals surface area contributed by atoms with E-state index in [2.05, 4.69) is 36.2 Å². The van der Waals surface area contributed by atoms with Crippen molar-refractivity contribution in [2.45, 2.75) is 62.7 Å². The van der Waals surface area contributed by atoms with Crippen LogP contribution in [-0.2, 0) is 36.8 Å². The number of carboxylic acid groups (broad SMARTS) is 2. The van der Waals surface area contributed by atoms with Gasteiger partial charge in [0.05, 0.1) is 12.4 Å². The average molecular weight is 568 g/mol. The summed E-state index contributed by atoms with van der Waals surface area (Å²) < 4.78 is 0. The number of aromatic amines is 2. The molecule has 218 valence electrons. The van der Waals surface area contributed by atoms with Crippen molar-refractivity contribution in [1.82, 2.24) is 36.2 Å². The quantitative estimate of drug-likeness (QED) is 0.129. The Morgan fingerprint density at radius 1 is 0.951 bits per heavy atom. The molecule has 1 fully saturated rings. The maximum Gasteiger partial charge on any atom is 0.326 e. The molecular weight excluding hydrogens is 534 g/mol. The Bertz CT molecular complexity index is 1380. The summed E-state index contributed by atoms with van der Waals surface area (Å²) in [7, 11) is 0. The number of benzene rings is 1. The third-order valence-corrected chi connectivity index (χ3v) is 6.98. The van der Waals surface area contributed by atoms with Crippen LogP contribution in [0.2, 0.25) is 0 Å². The van der Waals surface area contributed by atoms with Crippen molar-refractivity contribution in [2.75, 3.05) is 6.54 Å². The van der Waals surface area contributed by atoms with Crippen LogP contribution in [0.25, 0.3) is 10.9 Å². The van der Waals surface area contributed by atoms with Gasteiger partial charge in [-0.3, -0.25) is 19.2 Å². The Morgan fingerprint density at radius 2 is 1.71 bits per heavy atom. The van der Waals surface area contributed by atoms with Gasteiger partial charge < -0.3 is 41.4 Å². The number of amides is 3. The first kappa shape index (κ1) is 29.3. The zero-order valence-corrected chi connectivity index (χ0v) is 22.2. The zero-order valence-electron chi connectivity index (χ0n) is 22.2. The number of carbonyl (C=O) groups excluding carboxylic acids is 3. The summed E-state index contributed by atoms with van der Waals surface area (Å²) in [6.07, 6.45) is 5.26. The fourth-order valence-corrected chi connectivity index (χ4v) is 4.81. The molecule has 4 atom stereocenters. The third-order valence-electron chi connectivity index (χ3n) is 6.98. The molecule has 1 aliphatic rings. The molecule has 3 amide bonds. The van der Waals surface area contributed by atoms with E-state index in [1.54, 1.807) is 6.20 Å². The Labute approximate surface area is 234 Å². The molecule has 0 aliphatic carbocycles. The van der Waals surface area contributed by atoms with Gasteiger partial charge in [-0.1, -0.05) is 18.2 Å². The average Bonchev–Trinajstić information content (AvgIpc) is 3.73. The van der Waals surface area contributed by atoms with E-state index in [0.717, 1.165) is 17.3 Å². The number of para-hydroxylation sites is 1. The fourth-order valence-electron chi connectivity index (χ4n) is 4.81. The molecule has 4 unspecified atom stereocenters. The maximum absolute atomic E-state index is 13.4. The largest absolute Gasteiger partial charge is 0.481 e. The van der Waals surface area contributed by atoms with Gasteiger partial charge in [-0.25, -0.2) is 9.78 Å². The van der Waals surface area contributed by atoms with Gasteiger partial charge in [0.2, 0.25) is 17.7 Å². The predicted octanol–water partition coefficient (Wildman–Crippen LogP) is -0.168. The van der Waals surface area contributed by atoms with Gasteiger partial charge in [0.15, 0.2) is 0 Å². The van der Waals surface area contributed by atoms with Crippen molar-refractivity contribution in [2.24, 2.45) is 0 Å². The number of rotatable bonds is 14. The molecule has 41 heavy (non-hydrogen) atoms. The lowest BCUT2D eigenvalue weighted by atomic mass is 10.0. The van der Waals surface area contributed by atoms with Crippen LogP contribution in [0.15, 0.2) is 43.0 Å². The van der Waals surface area contributed by atoms with Crippen LogP contribution in [0, 0.1) is 0 Å². The minimum absolute atomic E-state index is 0.0124. The molecule has 1 aliphatic heterocycles. The molecule has 8 N–H and O–H groups in total. The number of aliphatic carboxylic acids is 2. The number of H-pyrrole nitrogens is 2. The van der Waals surface area contributed by atoms with E-state index in [9.17, 15) is 29.1 Å². The maximum atomic E-state index is 13.4. The first-order chi connectivity index (χ1) is 19.7. The number of nitrogens with zero attached hydrogens (tertiary/aromatic N) is 1. The number of nitrogens with one attached hydrogen (secondary N) is 6. The number of carboxylic acids is 2. The lowest BCUT2D eigenvalue weighted by Crippen LogP contribution is -2.57. The summed E-state index contributed by atoms with van der Waals surface area (Å²) in [6, 6.07) is 3.09. The van der Waals surface area contributed by atoms with Crippen LogP contribution in [0.1, 0.15) is 36.9 Å². The minimum atomic E-state index is -1.31. The first-order valence-electron chi connectivity index (χ1n) is 13.3. The monoisotopic (exact) mass is 567 g/mol. The van der Waals surface area contributed by atoms with Crippen LogP contribution in [0.5, 0.6) is 0 Å². The van der Waals surface area contributed by atoms with Crippen LogP contribution in [-0.4, -0.2) is 85.5 Å². The second-order valence-electron chi connectivity index (χ2n) is 9.95. The van der Waals surface area contributed by atoms with Gasteiger partial charge in [-0.2, -0.15) is 0 Å². The molecule has 4 rings (SSSR count). The minimum Gasteiger partial charge on any atom is -0.481 e.